The van der Waals surface area contributed by atoms with E-state index in [1.165, 1.54) is 0 Å². The molecule has 0 aliphatic carbocycles. The highest BCUT2D eigenvalue weighted by Crippen LogP contribution is 2.07. The summed E-state index contributed by atoms with van der Waals surface area (Å²) in [4.78, 5) is 18.2. The van der Waals surface area contributed by atoms with Crippen molar-refractivity contribution in [1.82, 2.24) is 0 Å². The molecular formula is C4H6N4O4. The molecule has 0 saturated carbocycles. The molecule has 0 aromatic rings. The van der Waals surface area contributed by atoms with E-state index in [9.17, 15) is 20.2 Å². The summed E-state index contributed by atoms with van der Waals surface area (Å²) in [7, 11) is 0. The molecule has 0 fully saturated rings. The van der Waals surface area contributed by atoms with Gasteiger partial charge >= 0.3 is 11.4 Å². The van der Waals surface area contributed by atoms with E-state index in [2.05, 4.69) is 0 Å². The zero-order chi connectivity index (χ0) is 9.72. The Kier molecular flexibility index (Phi) is 3.22. The molecule has 0 aromatic heterocycles. The van der Waals surface area contributed by atoms with Crippen LogP contribution in [0.5, 0.6) is 0 Å². The van der Waals surface area contributed by atoms with E-state index in [1.54, 1.807) is 0 Å². The maximum absolute atomic E-state index is 10.1. The summed E-state index contributed by atoms with van der Waals surface area (Å²) in [5, 5.41) is 20.2. The Balaban J connectivity index is 4.99. The van der Waals surface area contributed by atoms with Gasteiger partial charge < -0.3 is 11.5 Å². The topological polar surface area (TPSA) is 138 Å². The van der Waals surface area contributed by atoms with Gasteiger partial charge in [0.2, 0.25) is 0 Å². The summed E-state index contributed by atoms with van der Waals surface area (Å²) >= 11 is 0. The van der Waals surface area contributed by atoms with E-state index < -0.39 is 21.2 Å². The third-order valence-corrected chi connectivity index (χ3v) is 0.972. The lowest BCUT2D eigenvalue weighted by Crippen LogP contribution is -2.12. The van der Waals surface area contributed by atoms with E-state index >= 15 is 0 Å². The number of nitrogens with two attached hydrogens (primary N) is 2. The average Bonchev–Trinajstić information content (AvgIpc) is 1.98. The Hall–Kier alpha value is -2.12. The molecule has 0 spiro atoms. The molecule has 0 bridgehead atoms. The van der Waals surface area contributed by atoms with E-state index in [0.717, 1.165) is 0 Å². The molecule has 4 N–H and O–H groups in total. The van der Waals surface area contributed by atoms with Gasteiger partial charge in [-0.2, -0.15) is 0 Å². The lowest BCUT2D eigenvalue weighted by Gasteiger charge is -1.92. The Labute approximate surface area is 66.4 Å². The Morgan fingerprint density at radius 3 is 1.33 bits per heavy atom. The second kappa shape index (κ2) is 3.91. The van der Waals surface area contributed by atoms with Gasteiger partial charge in [0, 0.05) is 0 Å². The number of hydrogen-bond acceptors (Lipinski definition) is 6. The molecule has 0 aromatic carbocycles. The van der Waals surface area contributed by atoms with E-state index in [4.69, 9.17) is 11.5 Å². The number of nitro groups is 2. The highest BCUT2D eigenvalue weighted by Gasteiger charge is 2.27. The first-order valence-corrected chi connectivity index (χ1v) is 2.67. The lowest BCUT2D eigenvalue weighted by molar-refractivity contribution is -0.479. The quantitative estimate of drug-likeness (QED) is 0.324. The van der Waals surface area contributed by atoms with Crippen LogP contribution in [0.3, 0.4) is 0 Å². The van der Waals surface area contributed by atoms with Gasteiger partial charge in [-0.1, -0.05) is 0 Å². The van der Waals surface area contributed by atoms with Crippen molar-refractivity contribution < 1.29 is 9.85 Å². The molecular weight excluding hydrogens is 168 g/mol. The highest BCUT2D eigenvalue weighted by atomic mass is 16.6. The van der Waals surface area contributed by atoms with Crippen LogP contribution in [0.2, 0.25) is 0 Å². The minimum Gasteiger partial charge on any atom is -0.399 e. The number of nitrogens with zero attached hydrogens (tertiary/aromatic N) is 2. The van der Waals surface area contributed by atoms with Crippen LogP contribution in [0.1, 0.15) is 0 Å². The zero-order valence-corrected chi connectivity index (χ0v) is 5.84. The van der Waals surface area contributed by atoms with Gasteiger partial charge in [0.15, 0.2) is 0 Å². The first-order chi connectivity index (χ1) is 5.54. The monoisotopic (exact) mass is 174 g/mol. The maximum Gasteiger partial charge on any atom is 0.362 e. The van der Waals surface area contributed by atoms with Gasteiger partial charge in [-0.3, -0.25) is 20.2 Å². The van der Waals surface area contributed by atoms with Crippen LogP contribution in [0, 0.1) is 20.2 Å². The first kappa shape index (κ1) is 9.88. The van der Waals surface area contributed by atoms with Crippen molar-refractivity contribution in [3.63, 3.8) is 0 Å². The van der Waals surface area contributed by atoms with Gasteiger partial charge in [-0.05, 0) is 0 Å². The standard InChI is InChI=1S/C4H6N4O4/c5-1-3(7(9)10)4(2-6)8(11)12/h1-2H,5-6H2. The molecule has 12 heavy (non-hydrogen) atoms. The van der Waals surface area contributed by atoms with E-state index in [0.29, 0.717) is 12.4 Å². The second-order valence-corrected chi connectivity index (χ2v) is 1.62. The van der Waals surface area contributed by atoms with Crippen LogP contribution in [0.25, 0.3) is 0 Å². The molecule has 0 rings (SSSR count). The summed E-state index contributed by atoms with van der Waals surface area (Å²) in [5.41, 5.74) is 7.90. The molecule has 8 heteroatoms. The predicted octanol–water partition coefficient (Wildman–Crippen LogP) is -0.860. The molecule has 0 radical (unpaired) electrons. The summed E-state index contributed by atoms with van der Waals surface area (Å²) in [5.74, 6) is 0. The SMILES string of the molecule is NC=C(C(=CN)[N+](=O)[O-])[N+](=O)[O-]. The Morgan fingerprint density at radius 1 is 1.00 bits per heavy atom. The van der Waals surface area contributed by atoms with Gasteiger partial charge in [0.1, 0.15) is 0 Å². The fourth-order valence-electron chi connectivity index (χ4n) is 0.480. The minimum absolute atomic E-state index is 0.515. The largest absolute Gasteiger partial charge is 0.399 e. The van der Waals surface area contributed by atoms with Crippen molar-refractivity contribution in [3.8, 4) is 0 Å². The van der Waals surface area contributed by atoms with Gasteiger partial charge in [0.05, 0.1) is 22.2 Å². The van der Waals surface area contributed by atoms with Gasteiger partial charge in [0.25, 0.3) is 0 Å². The third kappa shape index (κ3) is 1.94. The normalized spacial score (nSPS) is 12.7. The smallest absolute Gasteiger partial charge is 0.362 e. The highest BCUT2D eigenvalue weighted by molar-refractivity contribution is 5.15. The molecule has 8 nitrogen and oxygen atoms in total. The molecule has 0 atom stereocenters. The fourth-order valence-corrected chi connectivity index (χ4v) is 0.480. The van der Waals surface area contributed by atoms with Crippen LogP contribution in [-0.2, 0) is 0 Å². The summed E-state index contributed by atoms with van der Waals surface area (Å²) < 4.78 is 0. The van der Waals surface area contributed by atoms with Crippen LogP contribution in [-0.4, -0.2) is 9.85 Å². The summed E-state index contributed by atoms with van der Waals surface area (Å²) in [6.45, 7) is 0. The van der Waals surface area contributed by atoms with Gasteiger partial charge in [-0.15, -0.1) is 0 Å². The maximum atomic E-state index is 10.1. The van der Waals surface area contributed by atoms with Crippen molar-refractivity contribution in [1.29, 1.82) is 0 Å². The van der Waals surface area contributed by atoms with Crippen LogP contribution >= 0.6 is 0 Å². The second-order valence-electron chi connectivity index (χ2n) is 1.62. The fraction of sp³-hybridized carbons (Fsp3) is 0. The van der Waals surface area contributed by atoms with Gasteiger partial charge in [-0.25, -0.2) is 0 Å². The van der Waals surface area contributed by atoms with E-state index in [1.807, 2.05) is 0 Å². The van der Waals surface area contributed by atoms with Crippen molar-refractivity contribution in [2.75, 3.05) is 0 Å². The van der Waals surface area contributed by atoms with Crippen molar-refractivity contribution in [2.24, 2.45) is 11.5 Å². The number of hydrogen-bond donors (Lipinski definition) is 2. The minimum atomic E-state index is -0.985. The van der Waals surface area contributed by atoms with Crippen LogP contribution < -0.4 is 11.5 Å². The molecule has 0 aliphatic heterocycles. The van der Waals surface area contributed by atoms with Crippen molar-refractivity contribution >= 4 is 0 Å². The van der Waals surface area contributed by atoms with Crippen molar-refractivity contribution in [2.45, 2.75) is 0 Å². The predicted molar refractivity (Wildman–Crippen MR) is 38.5 cm³/mol. The molecule has 0 aliphatic rings. The summed E-state index contributed by atoms with van der Waals surface area (Å²) in [6, 6.07) is 0. The lowest BCUT2D eigenvalue weighted by atomic mass is 10.4. The molecule has 0 amide bonds. The number of rotatable bonds is 3. The van der Waals surface area contributed by atoms with Crippen molar-refractivity contribution in [3.05, 3.63) is 44.0 Å². The molecule has 0 unspecified atom stereocenters. The average molecular weight is 174 g/mol. The molecule has 0 heterocycles. The zero-order valence-electron chi connectivity index (χ0n) is 5.84. The Morgan fingerprint density at radius 2 is 1.25 bits per heavy atom. The molecule has 0 saturated heterocycles. The Bertz CT molecular complexity index is 240. The molecule has 66 valence electrons. The summed E-state index contributed by atoms with van der Waals surface area (Å²) in [6.07, 6.45) is 1.03. The first-order valence-electron chi connectivity index (χ1n) is 2.67. The van der Waals surface area contributed by atoms with E-state index in [-0.39, 0.29) is 0 Å². The van der Waals surface area contributed by atoms with Crippen LogP contribution in [0.4, 0.5) is 0 Å². The third-order valence-electron chi connectivity index (χ3n) is 0.972. The van der Waals surface area contributed by atoms with Crippen LogP contribution in [0.15, 0.2) is 23.8 Å².